The SMILES string of the molecule is Cn1nccc1C(O)C1CCN(C(=O)OCC2c3ccccc3-c3ccccc32)CC1. The van der Waals surface area contributed by atoms with Crippen LogP contribution in [0.15, 0.2) is 60.8 Å². The third kappa shape index (κ3) is 3.61. The Bertz CT molecular complexity index is 1040. The maximum atomic E-state index is 12.8. The van der Waals surface area contributed by atoms with Gasteiger partial charge in [0.2, 0.25) is 0 Å². The van der Waals surface area contributed by atoms with Gasteiger partial charge in [0.25, 0.3) is 0 Å². The number of piperidine rings is 1. The van der Waals surface area contributed by atoms with Crippen LogP contribution < -0.4 is 0 Å². The summed E-state index contributed by atoms with van der Waals surface area (Å²) in [6.45, 7) is 1.52. The molecule has 2 aromatic carbocycles. The van der Waals surface area contributed by atoms with Gasteiger partial charge in [-0.3, -0.25) is 4.68 Å². The van der Waals surface area contributed by atoms with Crippen LogP contribution >= 0.6 is 0 Å². The molecule has 0 bridgehead atoms. The summed E-state index contributed by atoms with van der Waals surface area (Å²) in [5.41, 5.74) is 5.71. The van der Waals surface area contributed by atoms with Crippen molar-refractivity contribution in [3.8, 4) is 11.1 Å². The molecule has 2 aliphatic rings. The van der Waals surface area contributed by atoms with Crippen LogP contribution in [-0.2, 0) is 11.8 Å². The molecule has 1 saturated heterocycles. The number of nitrogens with zero attached hydrogens (tertiary/aromatic N) is 3. The minimum atomic E-state index is -0.558. The highest BCUT2D eigenvalue weighted by Crippen LogP contribution is 2.44. The number of aromatic nitrogens is 2. The number of hydrogen-bond acceptors (Lipinski definition) is 4. The largest absolute Gasteiger partial charge is 0.448 e. The molecule has 1 aliphatic carbocycles. The molecule has 31 heavy (non-hydrogen) atoms. The predicted molar refractivity (Wildman–Crippen MR) is 118 cm³/mol. The molecule has 1 unspecified atom stereocenters. The summed E-state index contributed by atoms with van der Waals surface area (Å²) < 4.78 is 7.49. The highest BCUT2D eigenvalue weighted by molar-refractivity contribution is 5.79. The van der Waals surface area contributed by atoms with Crippen LogP contribution in [0.25, 0.3) is 11.1 Å². The van der Waals surface area contributed by atoms with E-state index in [9.17, 15) is 9.90 Å². The molecule has 160 valence electrons. The highest BCUT2D eigenvalue weighted by Gasteiger charge is 2.32. The highest BCUT2D eigenvalue weighted by atomic mass is 16.6. The van der Waals surface area contributed by atoms with E-state index in [0.29, 0.717) is 19.7 Å². The Morgan fingerprint density at radius 3 is 2.26 bits per heavy atom. The Morgan fingerprint density at radius 2 is 1.68 bits per heavy atom. The van der Waals surface area contributed by atoms with Gasteiger partial charge < -0.3 is 14.7 Å². The summed E-state index contributed by atoms with van der Waals surface area (Å²) in [4.78, 5) is 14.5. The molecule has 1 aromatic heterocycles. The second kappa shape index (κ2) is 8.19. The van der Waals surface area contributed by atoms with Gasteiger partial charge in [-0.2, -0.15) is 5.10 Å². The number of ether oxygens (including phenoxy) is 1. The van der Waals surface area contributed by atoms with Crippen molar-refractivity contribution < 1.29 is 14.6 Å². The first kappa shape index (κ1) is 19.8. The summed E-state index contributed by atoms with van der Waals surface area (Å²) in [5.74, 6) is 0.189. The van der Waals surface area contributed by atoms with Crippen LogP contribution in [0.4, 0.5) is 4.79 Å². The molecule has 0 radical (unpaired) electrons. The minimum Gasteiger partial charge on any atom is -0.448 e. The van der Waals surface area contributed by atoms with Gasteiger partial charge in [0.15, 0.2) is 0 Å². The first-order valence-electron chi connectivity index (χ1n) is 10.9. The molecule has 1 amide bonds. The summed E-state index contributed by atoms with van der Waals surface area (Å²) in [6.07, 6.45) is 2.37. The van der Waals surface area contributed by atoms with Crippen molar-refractivity contribution in [3.05, 3.63) is 77.6 Å². The number of carbonyl (C=O) groups is 1. The maximum absolute atomic E-state index is 12.8. The van der Waals surface area contributed by atoms with Crippen molar-refractivity contribution in [2.45, 2.75) is 24.9 Å². The Balaban J connectivity index is 1.20. The number of aliphatic hydroxyl groups is 1. The maximum Gasteiger partial charge on any atom is 0.409 e. The fourth-order valence-corrected chi connectivity index (χ4v) is 5.00. The number of benzene rings is 2. The van der Waals surface area contributed by atoms with Gasteiger partial charge in [0.1, 0.15) is 6.61 Å². The van der Waals surface area contributed by atoms with Gasteiger partial charge >= 0.3 is 6.09 Å². The fourth-order valence-electron chi connectivity index (χ4n) is 5.00. The zero-order valence-corrected chi connectivity index (χ0v) is 17.6. The number of likely N-dealkylation sites (tertiary alicyclic amines) is 1. The first-order valence-corrected chi connectivity index (χ1v) is 10.9. The molecule has 6 heteroatoms. The van der Waals surface area contributed by atoms with Crippen molar-refractivity contribution in [2.24, 2.45) is 13.0 Å². The quantitative estimate of drug-likeness (QED) is 0.694. The van der Waals surface area contributed by atoms with E-state index in [1.165, 1.54) is 22.3 Å². The zero-order chi connectivity index (χ0) is 21.4. The Hall–Kier alpha value is -3.12. The zero-order valence-electron chi connectivity index (χ0n) is 17.6. The van der Waals surface area contributed by atoms with E-state index in [1.807, 2.05) is 37.4 Å². The third-order valence-electron chi connectivity index (χ3n) is 6.74. The Labute approximate surface area is 182 Å². The molecule has 2 heterocycles. The van der Waals surface area contributed by atoms with Crippen LogP contribution in [-0.4, -0.2) is 45.6 Å². The smallest absolute Gasteiger partial charge is 0.409 e. The number of rotatable bonds is 4. The topological polar surface area (TPSA) is 67.6 Å². The lowest BCUT2D eigenvalue weighted by molar-refractivity contribution is 0.0428. The molecule has 5 rings (SSSR count). The predicted octanol–water partition coefficient (Wildman–Crippen LogP) is 4.11. The normalized spacial score (nSPS) is 17.3. The van der Waals surface area contributed by atoms with Gasteiger partial charge in [-0.05, 0) is 47.1 Å². The Kier molecular flexibility index (Phi) is 5.24. The van der Waals surface area contributed by atoms with Crippen LogP contribution in [0.2, 0.25) is 0 Å². The van der Waals surface area contributed by atoms with Crippen molar-refractivity contribution >= 4 is 6.09 Å². The molecule has 1 aliphatic heterocycles. The van der Waals surface area contributed by atoms with Crippen molar-refractivity contribution in [1.29, 1.82) is 0 Å². The number of aliphatic hydroxyl groups excluding tert-OH is 1. The van der Waals surface area contributed by atoms with E-state index in [-0.39, 0.29) is 17.9 Å². The summed E-state index contributed by atoms with van der Waals surface area (Å²) in [7, 11) is 1.84. The summed E-state index contributed by atoms with van der Waals surface area (Å²) in [5, 5.41) is 14.8. The lowest BCUT2D eigenvalue weighted by Gasteiger charge is -2.33. The molecule has 0 saturated carbocycles. The number of hydrogen-bond donors (Lipinski definition) is 1. The van der Waals surface area contributed by atoms with E-state index < -0.39 is 6.10 Å². The molecule has 0 spiro atoms. The fraction of sp³-hybridized carbons (Fsp3) is 0.360. The van der Waals surface area contributed by atoms with E-state index >= 15 is 0 Å². The van der Waals surface area contributed by atoms with Gasteiger partial charge in [0, 0.05) is 32.3 Å². The van der Waals surface area contributed by atoms with Crippen molar-refractivity contribution in [1.82, 2.24) is 14.7 Å². The molecular formula is C25H27N3O3. The molecule has 1 fully saturated rings. The monoisotopic (exact) mass is 417 g/mol. The number of aryl methyl sites for hydroxylation is 1. The number of fused-ring (bicyclic) bond motifs is 3. The van der Waals surface area contributed by atoms with Crippen molar-refractivity contribution in [2.75, 3.05) is 19.7 Å². The molecule has 3 aromatic rings. The van der Waals surface area contributed by atoms with E-state index in [0.717, 1.165) is 18.5 Å². The number of carbonyl (C=O) groups excluding carboxylic acids is 1. The van der Waals surface area contributed by atoms with Crippen LogP contribution in [0.1, 0.15) is 41.7 Å². The number of amides is 1. The lowest BCUT2D eigenvalue weighted by Crippen LogP contribution is -2.40. The lowest BCUT2D eigenvalue weighted by atomic mass is 9.89. The average Bonchev–Trinajstić information content (AvgIpc) is 3.38. The van der Waals surface area contributed by atoms with Crippen LogP contribution in [0.5, 0.6) is 0 Å². The standard InChI is InChI=1S/C25H27N3O3/c1-27-23(10-13-26-27)24(29)17-11-14-28(15-12-17)25(30)31-16-22-20-8-4-2-6-18(20)19-7-3-5-9-21(19)22/h2-10,13,17,22,24,29H,11-12,14-16H2,1H3. The minimum absolute atomic E-state index is 0.0700. The second-order valence-electron chi connectivity index (χ2n) is 8.45. The van der Waals surface area contributed by atoms with E-state index in [2.05, 4.69) is 29.4 Å². The molecular weight excluding hydrogens is 390 g/mol. The van der Waals surface area contributed by atoms with E-state index in [4.69, 9.17) is 4.74 Å². The third-order valence-corrected chi connectivity index (χ3v) is 6.74. The van der Waals surface area contributed by atoms with Crippen molar-refractivity contribution in [3.63, 3.8) is 0 Å². The molecule has 1 N–H and O–H groups in total. The summed E-state index contributed by atoms with van der Waals surface area (Å²) in [6, 6.07) is 18.5. The van der Waals surface area contributed by atoms with Gasteiger partial charge in [-0.25, -0.2) is 4.79 Å². The van der Waals surface area contributed by atoms with E-state index in [1.54, 1.807) is 15.8 Å². The van der Waals surface area contributed by atoms with Gasteiger partial charge in [-0.1, -0.05) is 48.5 Å². The molecule has 1 atom stereocenters. The van der Waals surface area contributed by atoms with Crippen LogP contribution in [0.3, 0.4) is 0 Å². The van der Waals surface area contributed by atoms with Gasteiger partial charge in [-0.15, -0.1) is 0 Å². The summed E-state index contributed by atoms with van der Waals surface area (Å²) >= 11 is 0. The first-order chi connectivity index (χ1) is 15.1. The van der Waals surface area contributed by atoms with Crippen LogP contribution in [0, 0.1) is 5.92 Å². The Morgan fingerprint density at radius 1 is 1.06 bits per heavy atom. The molecule has 6 nitrogen and oxygen atoms in total. The average molecular weight is 418 g/mol. The second-order valence-corrected chi connectivity index (χ2v) is 8.45. The van der Waals surface area contributed by atoms with Gasteiger partial charge in [0.05, 0.1) is 11.8 Å².